The van der Waals surface area contributed by atoms with Crippen molar-refractivity contribution in [3.8, 4) is 0 Å². The molecule has 0 saturated heterocycles. The minimum atomic E-state index is -0.833. The molecule has 6 N–H and O–H groups in total. The Morgan fingerprint density at radius 3 is 1.12 bits per heavy atom. The Bertz CT molecular complexity index is 171. The summed E-state index contributed by atoms with van der Waals surface area (Å²) in [6, 6.07) is 0.879. The lowest BCUT2D eigenvalue weighted by molar-refractivity contribution is -0.135. The first-order valence-electron chi connectivity index (χ1n) is 5.16. The zero-order valence-electron chi connectivity index (χ0n) is 9.85. The van der Waals surface area contributed by atoms with Crippen molar-refractivity contribution in [2.45, 2.75) is 51.6 Å². The molecule has 0 aliphatic heterocycles. The Hall–Kier alpha value is -1.14. The van der Waals surface area contributed by atoms with E-state index >= 15 is 0 Å². The molecule has 0 bridgehead atoms. The maximum absolute atomic E-state index is 9.00. The zero-order valence-corrected chi connectivity index (χ0v) is 9.85. The number of hydrogen-bond acceptors (Lipinski definition) is 4. The van der Waals surface area contributed by atoms with E-state index in [9.17, 15) is 0 Å². The van der Waals surface area contributed by atoms with Crippen molar-refractivity contribution >= 4 is 11.9 Å². The van der Waals surface area contributed by atoms with Gasteiger partial charge in [-0.1, -0.05) is 0 Å². The number of carbonyl (C=O) groups is 2. The van der Waals surface area contributed by atoms with Crippen molar-refractivity contribution < 1.29 is 19.8 Å². The topological polar surface area (TPSA) is 127 Å². The van der Waals surface area contributed by atoms with Gasteiger partial charge in [-0.25, -0.2) is 0 Å². The first-order chi connectivity index (χ1) is 7.25. The maximum Gasteiger partial charge on any atom is 0.300 e. The number of aliphatic carboxylic acids is 2. The number of rotatable bonds is 0. The normalized spacial score (nSPS) is 23.0. The van der Waals surface area contributed by atoms with Gasteiger partial charge in [0.25, 0.3) is 11.9 Å². The summed E-state index contributed by atoms with van der Waals surface area (Å²) < 4.78 is 0. The zero-order chi connectivity index (χ0) is 13.1. The number of carboxylic acids is 2. The molecule has 0 aromatic rings. The van der Waals surface area contributed by atoms with Gasteiger partial charge in [-0.2, -0.15) is 0 Å². The Morgan fingerprint density at radius 1 is 0.875 bits per heavy atom. The molecule has 1 aliphatic carbocycles. The van der Waals surface area contributed by atoms with E-state index in [0.717, 1.165) is 39.5 Å². The van der Waals surface area contributed by atoms with Crippen molar-refractivity contribution in [3.63, 3.8) is 0 Å². The molecule has 0 aromatic carbocycles. The minimum Gasteiger partial charge on any atom is -0.481 e. The van der Waals surface area contributed by atoms with Crippen LogP contribution in [0.5, 0.6) is 0 Å². The van der Waals surface area contributed by atoms with E-state index in [4.69, 9.17) is 31.3 Å². The molecule has 0 heterocycles. The first kappa shape index (κ1) is 17.3. The monoisotopic (exact) mass is 234 g/mol. The van der Waals surface area contributed by atoms with Gasteiger partial charge in [0.1, 0.15) is 0 Å². The Morgan fingerprint density at radius 2 is 1.00 bits per heavy atom. The van der Waals surface area contributed by atoms with E-state index in [-0.39, 0.29) is 0 Å². The van der Waals surface area contributed by atoms with Crippen molar-refractivity contribution in [1.82, 2.24) is 0 Å². The van der Waals surface area contributed by atoms with Crippen molar-refractivity contribution in [1.29, 1.82) is 0 Å². The quantitative estimate of drug-likeness (QED) is 0.480. The van der Waals surface area contributed by atoms with Crippen molar-refractivity contribution in [2.24, 2.45) is 11.5 Å². The van der Waals surface area contributed by atoms with Gasteiger partial charge in [-0.15, -0.1) is 0 Å². The van der Waals surface area contributed by atoms with Crippen LogP contribution in [-0.4, -0.2) is 34.2 Å². The number of hydrogen-bond donors (Lipinski definition) is 4. The standard InChI is InChI=1S/C6H14N2.2C2H4O2/c7-5-1-2-6(8)4-3-5;2*1-2(3)4/h5-6H,1-4,7-8H2;2*1H3,(H,3,4). The summed E-state index contributed by atoms with van der Waals surface area (Å²) in [7, 11) is 0. The van der Waals surface area contributed by atoms with Crippen LogP contribution in [0.25, 0.3) is 0 Å². The lowest BCUT2D eigenvalue weighted by Gasteiger charge is -2.22. The second-order valence-corrected chi connectivity index (χ2v) is 3.71. The van der Waals surface area contributed by atoms with Crippen LogP contribution in [0.15, 0.2) is 0 Å². The van der Waals surface area contributed by atoms with Crippen LogP contribution < -0.4 is 11.5 Å². The molecule has 0 radical (unpaired) electrons. The fourth-order valence-electron chi connectivity index (χ4n) is 1.14. The molecule has 16 heavy (non-hydrogen) atoms. The van der Waals surface area contributed by atoms with Crippen LogP contribution in [-0.2, 0) is 9.59 Å². The van der Waals surface area contributed by atoms with Gasteiger partial charge in [0.15, 0.2) is 0 Å². The Kier molecular flexibility index (Phi) is 11.2. The molecule has 0 spiro atoms. The molecule has 1 fully saturated rings. The van der Waals surface area contributed by atoms with E-state index < -0.39 is 11.9 Å². The third kappa shape index (κ3) is 23.0. The summed E-state index contributed by atoms with van der Waals surface area (Å²) >= 11 is 0. The minimum absolute atomic E-state index is 0.440. The van der Waals surface area contributed by atoms with E-state index in [1.165, 1.54) is 0 Å². The molecule has 1 saturated carbocycles. The van der Waals surface area contributed by atoms with Crippen LogP contribution in [0.3, 0.4) is 0 Å². The molecular formula is C10H22N2O4. The average Bonchev–Trinajstić information content (AvgIpc) is 2.08. The Balaban J connectivity index is 0. The number of nitrogens with two attached hydrogens (primary N) is 2. The third-order valence-corrected chi connectivity index (χ3v) is 1.82. The number of carboxylic acid groups (broad SMARTS) is 2. The molecule has 1 aliphatic rings. The highest BCUT2D eigenvalue weighted by Gasteiger charge is 2.13. The average molecular weight is 234 g/mol. The molecule has 0 atom stereocenters. The van der Waals surface area contributed by atoms with Gasteiger partial charge in [0, 0.05) is 25.9 Å². The molecule has 6 heteroatoms. The van der Waals surface area contributed by atoms with Crippen molar-refractivity contribution in [3.05, 3.63) is 0 Å². The van der Waals surface area contributed by atoms with E-state index in [1.54, 1.807) is 0 Å². The molecule has 0 unspecified atom stereocenters. The SMILES string of the molecule is CC(=O)O.CC(=O)O.NC1CCC(N)CC1. The van der Waals surface area contributed by atoms with Gasteiger partial charge in [0.2, 0.25) is 0 Å². The fourth-order valence-corrected chi connectivity index (χ4v) is 1.14. The molecule has 0 aromatic heterocycles. The fraction of sp³-hybridized carbons (Fsp3) is 0.800. The van der Waals surface area contributed by atoms with Crippen LogP contribution in [0.2, 0.25) is 0 Å². The summed E-state index contributed by atoms with van der Waals surface area (Å²) in [4.78, 5) is 18.0. The summed E-state index contributed by atoms with van der Waals surface area (Å²) in [6.45, 7) is 2.17. The van der Waals surface area contributed by atoms with Crippen LogP contribution in [0, 0.1) is 0 Å². The largest absolute Gasteiger partial charge is 0.481 e. The summed E-state index contributed by atoms with van der Waals surface area (Å²) in [6.07, 6.45) is 4.50. The molecule has 0 amide bonds. The first-order valence-corrected chi connectivity index (χ1v) is 5.16. The summed E-state index contributed by atoms with van der Waals surface area (Å²) in [5, 5.41) is 14.8. The highest BCUT2D eigenvalue weighted by molar-refractivity contribution is 5.63. The molecule has 6 nitrogen and oxygen atoms in total. The molecule has 96 valence electrons. The van der Waals surface area contributed by atoms with Crippen LogP contribution in [0.4, 0.5) is 0 Å². The third-order valence-electron chi connectivity index (χ3n) is 1.82. The van der Waals surface area contributed by atoms with E-state index in [0.29, 0.717) is 12.1 Å². The van der Waals surface area contributed by atoms with Crippen LogP contribution >= 0.6 is 0 Å². The van der Waals surface area contributed by atoms with Crippen LogP contribution in [0.1, 0.15) is 39.5 Å². The highest BCUT2D eigenvalue weighted by Crippen LogP contribution is 2.14. The lowest BCUT2D eigenvalue weighted by Crippen LogP contribution is -2.33. The van der Waals surface area contributed by atoms with Crippen molar-refractivity contribution in [2.75, 3.05) is 0 Å². The maximum atomic E-state index is 9.00. The van der Waals surface area contributed by atoms with E-state index in [1.807, 2.05) is 0 Å². The second-order valence-electron chi connectivity index (χ2n) is 3.71. The summed E-state index contributed by atoms with van der Waals surface area (Å²) in [5.41, 5.74) is 11.3. The predicted molar refractivity (Wildman–Crippen MR) is 61.0 cm³/mol. The molecule has 1 rings (SSSR count). The van der Waals surface area contributed by atoms with E-state index in [2.05, 4.69) is 0 Å². The van der Waals surface area contributed by atoms with Gasteiger partial charge in [0.05, 0.1) is 0 Å². The highest BCUT2D eigenvalue weighted by atomic mass is 16.4. The smallest absolute Gasteiger partial charge is 0.300 e. The van der Waals surface area contributed by atoms with Gasteiger partial charge in [-0.05, 0) is 25.7 Å². The summed E-state index contributed by atoms with van der Waals surface area (Å²) in [5.74, 6) is -1.67. The Labute approximate surface area is 95.6 Å². The second kappa shape index (κ2) is 10.4. The van der Waals surface area contributed by atoms with Gasteiger partial charge < -0.3 is 21.7 Å². The van der Waals surface area contributed by atoms with Gasteiger partial charge in [-0.3, -0.25) is 9.59 Å². The lowest BCUT2D eigenvalue weighted by atomic mass is 9.93. The van der Waals surface area contributed by atoms with Gasteiger partial charge >= 0.3 is 0 Å². The molecular weight excluding hydrogens is 212 g/mol. The predicted octanol–water partition coefficient (Wildman–Crippen LogP) is 0.397.